The number of benzene rings is 1. The van der Waals surface area contributed by atoms with Crippen molar-refractivity contribution in [1.82, 2.24) is 0 Å². The Morgan fingerprint density at radius 1 is 1.04 bits per heavy atom. The van der Waals surface area contributed by atoms with Crippen LogP contribution in [0.25, 0.3) is 5.57 Å². The maximum Gasteiger partial charge on any atom is 0.207 e. The van der Waals surface area contributed by atoms with Gasteiger partial charge in [-0.05, 0) is 67.2 Å². The van der Waals surface area contributed by atoms with E-state index in [1.807, 2.05) is 6.07 Å². The van der Waals surface area contributed by atoms with Crippen LogP contribution in [-0.2, 0) is 14.5 Å². The molecule has 1 spiro atoms. The third kappa shape index (κ3) is 2.59. The molecule has 1 saturated heterocycles. The molecule has 4 saturated carbocycles. The highest BCUT2D eigenvalue weighted by atomic mass is 35.5. The molecule has 5 heteroatoms. The van der Waals surface area contributed by atoms with E-state index in [1.54, 1.807) is 12.1 Å². The van der Waals surface area contributed by atoms with Gasteiger partial charge in [0.15, 0.2) is 0 Å². The third-order valence-electron chi connectivity index (χ3n) is 6.70. The van der Waals surface area contributed by atoms with Gasteiger partial charge in [-0.25, -0.2) is 4.89 Å². The molecule has 1 aliphatic heterocycles. The SMILES string of the molecule is C=C(c1ccc(Cl)cc1Cl)C1COC2(OO1)C1CC3CC(C1)CC2C3. The summed E-state index contributed by atoms with van der Waals surface area (Å²) < 4.78 is 6.38. The molecule has 4 aliphatic carbocycles. The first-order valence-corrected chi connectivity index (χ1v) is 9.93. The van der Waals surface area contributed by atoms with Crippen molar-refractivity contribution in [1.29, 1.82) is 0 Å². The van der Waals surface area contributed by atoms with Gasteiger partial charge in [-0.15, -0.1) is 0 Å². The zero-order chi connectivity index (χ0) is 17.2. The lowest BCUT2D eigenvalue weighted by atomic mass is 9.53. The Morgan fingerprint density at radius 2 is 1.72 bits per heavy atom. The molecular formula is C20H22Cl2O3. The van der Waals surface area contributed by atoms with Crippen LogP contribution in [0.2, 0.25) is 10.0 Å². The molecule has 1 aromatic rings. The summed E-state index contributed by atoms with van der Waals surface area (Å²) >= 11 is 12.3. The summed E-state index contributed by atoms with van der Waals surface area (Å²) in [5, 5.41) is 1.17. The average Bonchev–Trinajstić information content (AvgIpc) is 2.59. The van der Waals surface area contributed by atoms with Gasteiger partial charge in [0.25, 0.3) is 0 Å². The van der Waals surface area contributed by atoms with Gasteiger partial charge in [0.05, 0.1) is 6.61 Å². The maximum absolute atomic E-state index is 6.38. The van der Waals surface area contributed by atoms with Crippen molar-refractivity contribution in [3.63, 3.8) is 0 Å². The number of halogens is 2. The zero-order valence-corrected chi connectivity index (χ0v) is 15.6. The van der Waals surface area contributed by atoms with Crippen LogP contribution in [-0.4, -0.2) is 18.5 Å². The molecule has 5 fully saturated rings. The number of ether oxygens (including phenoxy) is 1. The summed E-state index contributed by atoms with van der Waals surface area (Å²) in [4.78, 5) is 11.9. The number of rotatable bonds is 2. The second-order valence-corrected chi connectivity index (χ2v) is 9.00. The third-order valence-corrected chi connectivity index (χ3v) is 7.24. The van der Waals surface area contributed by atoms with Crippen LogP contribution < -0.4 is 0 Å². The first kappa shape index (κ1) is 16.6. The first-order chi connectivity index (χ1) is 12.0. The Bertz CT molecular complexity index is 679. The number of hydrogen-bond acceptors (Lipinski definition) is 3. The monoisotopic (exact) mass is 380 g/mol. The van der Waals surface area contributed by atoms with E-state index in [-0.39, 0.29) is 6.10 Å². The minimum Gasteiger partial charge on any atom is -0.344 e. The fourth-order valence-corrected chi connectivity index (χ4v) is 6.22. The lowest BCUT2D eigenvalue weighted by molar-refractivity contribution is -0.517. The molecule has 1 heterocycles. The molecule has 1 aromatic carbocycles. The second-order valence-electron chi connectivity index (χ2n) is 8.15. The van der Waals surface area contributed by atoms with Crippen LogP contribution in [0.5, 0.6) is 0 Å². The molecule has 0 N–H and O–H groups in total. The van der Waals surface area contributed by atoms with Crippen LogP contribution >= 0.6 is 23.2 Å². The van der Waals surface area contributed by atoms with Crippen molar-refractivity contribution >= 4 is 28.8 Å². The molecule has 0 amide bonds. The van der Waals surface area contributed by atoms with E-state index in [0.29, 0.717) is 28.5 Å². The number of hydrogen-bond donors (Lipinski definition) is 0. The zero-order valence-electron chi connectivity index (χ0n) is 14.0. The molecule has 0 radical (unpaired) electrons. The van der Waals surface area contributed by atoms with Gasteiger partial charge in [-0.3, -0.25) is 0 Å². The smallest absolute Gasteiger partial charge is 0.207 e. The fourth-order valence-electron chi connectivity index (χ4n) is 5.69. The molecule has 134 valence electrons. The normalized spacial score (nSPS) is 42.1. The first-order valence-electron chi connectivity index (χ1n) is 9.18. The van der Waals surface area contributed by atoms with E-state index < -0.39 is 5.79 Å². The van der Waals surface area contributed by atoms with Crippen molar-refractivity contribution in [3.05, 3.63) is 40.4 Å². The van der Waals surface area contributed by atoms with Crippen LogP contribution in [0.4, 0.5) is 0 Å². The van der Waals surface area contributed by atoms with Crippen molar-refractivity contribution in [3.8, 4) is 0 Å². The predicted molar refractivity (Wildman–Crippen MR) is 97.2 cm³/mol. The van der Waals surface area contributed by atoms with Gasteiger partial charge in [-0.1, -0.05) is 35.8 Å². The average molecular weight is 381 g/mol. The van der Waals surface area contributed by atoms with Crippen molar-refractivity contribution in [2.75, 3.05) is 6.61 Å². The highest BCUT2D eigenvalue weighted by Gasteiger charge is 2.61. The van der Waals surface area contributed by atoms with Crippen molar-refractivity contribution in [2.45, 2.75) is 44.0 Å². The molecule has 6 rings (SSSR count). The largest absolute Gasteiger partial charge is 0.344 e. The van der Waals surface area contributed by atoms with Gasteiger partial charge in [0.2, 0.25) is 5.79 Å². The summed E-state index contributed by atoms with van der Waals surface area (Å²) in [6.07, 6.45) is 5.91. The summed E-state index contributed by atoms with van der Waals surface area (Å²) in [6, 6.07) is 5.38. The van der Waals surface area contributed by atoms with Crippen LogP contribution in [0.1, 0.15) is 37.7 Å². The standard InChI is InChI=1S/C20H22Cl2O3/c1-11(17-3-2-16(21)9-18(17)22)19-10-23-20(25-24-19)14-5-12-4-13(7-14)8-15(20)6-12/h2-3,9,12-15,19H,1,4-8,10H2. The van der Waals surface area contributed by atoms with Gasteiger partial charge in [-0.2, -0.15) is 4.89 Å². The van der Waals surface area contributed by atoms with Crippen molar-refractivity contribution < 1.29 is 14.5 Å². The van der Waals surface area contributed by atoms with Crippen LogP contribution in [0.15, 0.2) is 24.8 Å². The Morgan fingerprint density at radius 3 is 2.28 bits per heavy atom. The molecule has 1 atom stereocenters. The summed E-state index contributed by atoms with van der Waals surface area (Å²) in [5.74, 6) is 2.13. The van der Waals surface area contributed by atoms with Gasteiger partial charge >= 0.3 is 0 Å². The Hall–Kier alpha value is -0.580. The van der Waals surface area contributed by atoms with E-state index in [0.717, 1.165) is 23.0 Å². The lowest BCUT2D eigenvalue weighted by Crippen LogP contribution is -2.63. The topological polar surface area (TPSA) is 27.7 Å². The van der Waals surface area contributed by atoms with E-state index in [2.05, 4.69) is 6.58 Å². The van der Waals surface area contributed by atoms with Crippen LogP contribution in [0, 0.1) is 23.7 Å². The molecule has 1 unspecified atom stereocenters. The molecule has 25 heavy (non-hydrogen) atoms. The predicted octanol–water partition coefficient (Wildman–Crippen LogP) is 5.51. The minimum atomic E-state index is -0.534. The molecule has 3 nitrogen and oxygen atoms in total. The summed E-state index contributed by atoms with van der Waals surface area (Å²) in [6.45, 7) is 4.61. The minimum absolute atomic E-state index is 0.346. The molecule has 4 bridgehead atoms. The van der Waals surface area contributed by atoms with E-state index in [1.165, 1.54) is 32.1 Å². The highest BCUT2D eigenvalue weighted by molar-refractivity contribution is 6.35. The fraction of sp³-hybridized carbons (Fsp3) is 0.600. The van der Waals surface area contributed by atoms with Gasteiger partial charge in [0, 0.05) is 21.9 Å². The van der Waals surface area contributed by atoms with E-state index in [9.17, 15) is 0 Å². The van der Waals surface area contributed by atoms with Gasteiger partial charge < -0.3 is 4.74 Å². The molecule has 5 aliphatic rings. The summed E-state index contributed by atoms with van der Waals surface area (Å²) in [5.41, 5.74) is 1.59. The van der Waals surface area contributed by atoms with Crippen LogP contribution in [0.3, 0.4) is 0 Å². The van der Waals surface area contributed by atoms with E-state index >= 15 is 0 Å². The van der Waals surface area contributed by atoms with Crippen molar-refractivity contribution in [2.24, 2.45) is 23.7 Å². The summed E-state index contributed by atoms with van der Waals surface area (Å²) in [7, 11) is 0. The Balaban J connectivity index is 1.32. The quantitative estimate of drug-likeness (QED) is 0.633. The van der Waals surface area contributed by atoms with E-state index in [4.69, 9.17) is 37.7 Å². The molecular weight excluding hydrogens is 359 g/mol. The molecule has 0 aromatic heterocycles. The maximum atomic E-state index is 6.38. The lowest BCUT2D eigenvalue weighted by Gasteiger charge is -2.60. The Kier molecular flexibility index (Phi) is 3.96. The second kappa shape index (κ2) is 5.97. The highest BCUT2D eigenvalue weighted by Crippen LogP contribution is 2.60. The Labute approximate surface area is 158 Å². The van der Waals surface area contributed by atoms with Gasteiger partial charge in [0.1, 0.15) is 6.10 Å².